The van der Waals surface area contributed by atoms with E-state index in [1.54, 1.807) is 6.20 Å². The Kier molecular flexibility index (Phi) is 6.01. The van der Waals surface area contributed by atoms with Crippen LogP contribution < -0.4 is 0 Å². The van der Waals surface area contributed by atoms with Crippen molar-refractivity contribution in [2.45, 2.75) is 38.5 Å². The van der Waals surface area contributed by atoms with Gasteiger partial charge in [0.1, 0.15) is 17.4 Å². The van der Waals surface area contributed by atoms with E-state index in [1.807, 2.05) is 23.1 Å². The van der Waals surface area contributed by atoms with Crippen LogP contribution in [-0.4, -0.2) is 53.9 Å². The van der Waals surface area contributed by atoms with Gasteiger partial charge in [-0.1, -0.05) is 13.0 Å². The molecule has 0 bridgehead atoms. The first kappa shape index (κ1) is 20.7. The molecule has 2 fully saturated rings. The number of hydrogen-bond donors (Lipinski definition) is 0. The van der Waals surface area contributed by atoms with Crippen LogP contribution in [0.15, 0.2) is 24.4 Å². The van der Waals surface area contributed by atoms with E-state index >= 15 is 0 Å². The molecule has 0 radical (unpaired) electrons. The maximum Gasteiger partial charge on any atom is 0.222 e. The van der Waals surface area contributed by atoms with Crippen LogP contribution in [0.5, 0.6) is 0 Å². The van der Waals surface area contributed by atoms with Gasteiger partial charge in [0.05, 0.1) is 5.52 Å². The van der Waals surface area contributed by atoms with Crippen LogP contribution in [0.3, 0.4) is 0 Å². The molecule has 2 aromatic rings. The van der Waals surface area contributed by atoms with Gasteiger partial charge in [0, 0.05) is 37.0 Å². The van der Waals surface area contributed by atoms with Gasteiger partial charge in [-0.2, -0.15) is 5.26 Å². The van der Waals surface area contributed by atoms with Crippen molar-refractivity contribution in [2.24, 2.45) is 11.8 Å². The molecule has 0 aliphatic carbocycles. The molecule has 1 amide bonds. The zero-order valence-electron chi connectivity index (χ0n) is 17.8. The maximum absolute atomic E-state index is 14.7. The number of carbonyl (C=O) groups excluding carboxylic acids is 1. The van der Waals surface area contributed by atoms with Crippen LogP contribution in [0.4, 0.5) is 4.39 Å². The van der Waals surface area contributed by atoms with Gasteiger partial charge in [-0.25, -0.2) is 4.39 Å². The average molecular weight is 409 g/mol. The number of carbonyl (C=O) groups is 1. The molecule has 0 spiro atoms. The minimum absolute atomic E-state index is 0.00610. The van der Waals surface area contributed by atoms with Crippen LogP contribution >= 0.6 is 0 Å². The quantitative estimate of drug-likeness (QED) is 0.772. The molecule has 0 N–H and O–H groups in total. The fraction of sp³-hybridized carbons (Fsp3) is 0.542. The summed E-state index contributed by atoms with van der Waals surface area (Å²) >= 11 is 0. The predicted octanol–water partition coefficient (Wildman–Crippen LogP) is 3.93. The van der Waals surface area contributed by atoms with Gasteiger partial charge in [0.15, 0.2) is 0 Å². The second-order valence-corrected chi connectivity index (χ2v) is 9.12. The molecule has 158 valence electrons. The first-order valence-electron chi connectivity index (χ1n) is 10.9. The van der Waals surface area contributed by atoms with Crippen molar-refractivity contribution in [3.05, 3.63) is 41.3 Å². The van der Waals surface area contributed by atoms with Gasteiger partial charge >= 0.3 is 0 Å². The Labute approximate surface area is 177 Å². The van der Waals surface area contributed by atoms with Crippen LogP contribution in [0.1, 0.15) is 49.7 Å². The molecule has 2 aliphatic rings. The SMILES string of the molecule is C[C@@H]1C[C@H](c2cc(F)c(C#N)c3ncccc23)CN(C(=O)CC2CCN(C)CC2)C1. The smallest absolute Gasteiger partial charge is 0.222 e. The lowest BCUT2D eigenvalue weighted by atomic mass is 9.82. The number of likely N-dealkylation sites (tertiary alicyclic amines) is 2. The van der Waals surface area contributed by atoms with Crippen molar-refractivity contribution >= 4 is 16.8 Å². The highest BCUT2D eigenvalue weighted by Crippen LogP contribution is 2.36. The van der Waals surface area contributed by atoms with Crippen molar-refractivity contribution in [3.63, 3.8) is 0 Å². The lowest BCUT2D eigenvalue weighted by molar-refractivity contribution is -0.134. The zero-order valence-corrected chi connectivity index (χ0v) is 17.8. The fourth-order valence-corrected chi connectivity index (χ4v) is 5.10. The molecule has 4 rings (SSSR count). The molecule has 1 aromatic heterocycles. The van der Waals surface area contributed by atoms with Crippen LogP contribution in [0, 0.1) is 29.0 Å². The highest BCUT2D eigenvalue weighted by Gasteiger charge is 2.32. The summed E-state index contributed by atoms with van der Waals surface area (Å²) in [6, 6.07) is 7.16. The summed E-state index contributed by atoms with van der Waals surface area (Å²) in [4.78, 5) is 21.7. The van der Waals surface area contributed by atoms with E-state index in [-0.39, 0.29) is 17.4 Å². The Morgan fingerprint density at radius 2 is 2.10 bits per heavy atom. The van der Waals surface area contributed by atoms with Crippen molar-refractivity contribution in [1.29, 1.82) is 5.26 Å². The number of piperidine rings is 2. The summed E-state index contributed by atoms with van der Waals surface area (Å²) in [7, 11) is 2.13. The summed E-state index contributed by atoms with van der Waals surface area (Å²) in [6.07, 6.45) is 5.25. The molecule has 6 heteroatoms. The molecule has 0 unspecified atom stereocenters. The predicted molar refractivity (Wildman–Crippen MR) is 114 cm³/mol. The molecule has 2 saturated heterocycles. The van der Waals surface area contributed by atoms with Crippen molar-refractivity contribution in [3.8, 4) is 6.07 Å². The minimum Gasteiger partial charge on any atom is -0.342 e. The number of nitriles is 1. The van der Waals surface area contributed by atoms with Crippen LogP contribution in [-0.2, 0) is 4.79 Å². The number of halogens is 1. The summed E-state index contributed by atoms with van der Waals surface area (Å²) in [5, 5.41) is 10.2. The number of nitrogens with zero attached hydrogens (tertiary/aromatic N) is 4. The Balaban J connectivity index is 1.57. The number of aromatic nitrogens is 1. The van der Waals surface area contributed by atoms with E-state index < -0.39 is 5.82 Å². The molecule has 0 saturated carbocycles. The van der Waals surface area contributed by atoms with E-state index in [2.05, 4.69) is 23.9 Å². The number of rotatable bonds is 3. The Morgan fingerprint density at radius 3 is 2.83 bits per heavy atom. The standard InChI is InChI=1S/C24H29FN4O/c1-16-10-18(15-29(14-16)23(30)11-17-5-8-28(2)9-6-17)20-12-22(25)21(13-26)24-19(20)4-3-7-27-24/h3-4,7,12,16-18H,5-6,8-11,14-15H2,1-2H3/t16-,18+/m1/s1. The highest BCUT2D eigenvalue weighted by atomic mass is 19.1. The highest BCUT2D eigenvalue weighted by molar-refractivity contribution is 5.88. The fourth-order valence-electron chi connectivity index (χ4n) is 5.10. The molecule has 5 nitrogen and oxygen atoms in total. The third-order valence-corrected chi connectivity index (χ3v) is 6.74. The van der Waals surface area contributed by atoms with E-state index in [0.717, 1.165) is 49.8 Å². The van der Waals surface area contributed by atoms with Gasteiger partial charge in [-0.15, -0.1) is 0 Å². The average Bonchev–Trinajstić information content (AvgIpc) is 2.74. The van der Waals surface area contributed by atoms with Crippen molar-refractivity contribution in [1.82, 2.24) is 14.8 Å². The summed E-state index contributed by atoms with van der Waals surface area (Å²) in [5.74, 6) is 0.542. The first-order valence-corrected chi connectivity index (χ1v) is 10.9. The molecular weight excluding hydrogens is 379 g/mol. The Hall–Kier alpha value is -2.52. The molecule has 2 atom stereocenters. The topological polar surface area (TPSA) is 60.2 Å². The summed E-state index contributed by atoms with van der Waals surface area (Å²) < 4.78 is 14.7. The normalized spacial score (nSPS) is 23.5. The maximum atomic E-state index is 14.7. The van der Waals surface area contributed by atoms with Gasteiger partial charge in [-0.3, -0.25) is 9.78 Å². The molecule has 1 aromatic carbocycles. The van der Waals surface area contributed by atoms with Gasteiger partial charge < -0.3 is 9.80 Å². The summed E-state index contributed by atoms with van der Waals surface area (Å²) in [5.41, 5.74) is 1.27. The third kappa shape index (κ3) is 4.17. The Bertz CT molecular complexity index is 977. The van der Waals surface area contributed by atoms with Gasteiger partial charge in [0.25, 0.3) is 0 Å². The first-order chi connectivity index (χ1) is 14.5. The second-order valence-electron chi connectivity index (χ2n) is 9.12. The number of amides is 1. The monoisotopic (exact) mass is 408 g/mol. The van der Waals surface area contributed by atoms with Crippen molar-refractivity contribution < 1.29 is 9.18 Å². The second kappa shape index (κ2) is 8.69. The van der Waals surface area contributed by atoms with Gasteiger partial charge in [0.2, 0.25) is 5.91 Å². The van der Waals surface area contributed by atoms with E-state index in [1.165, 1.54) is 6.07 Å². The van der Waals surface area contributed by atoms with Crippen LogP contribution in [0.25, 0.3) is 10.9 Å². The molecular formula is C24H29FN4O. The summed E-state index contributed by atoms with van der Waals surface area (Å²) in [6.45, 7) is 5.63. The molecule has 2 aliphatic heterocycles. The largest absolute Gasteiger partial charge is 0.342 e. The third-order valence-electron chi connectivity index (χ3n) is 6.74. The lowest BCUT2D eigenvalue weighted by Gasteiger charge is -2.38. The molecule has 3 heterocycles. The van der Waals surface area contributed by atoms with E-state index in [9.17, 15) is 14.4 Å². The van der Waals surface area contributed by atoms with Crippen LogP contribution in [0.2, 0.25) is 0 Å². The minimum atomic E-state index is -0.527. The van der Waals surface area contributed by atoms with E-state index in [4.69, 9.17) is 0 Å². The van der Waals surface area contributed by atoms with Crippen molar-refractivity contribution in [2.75, 3.05) is 33.2 Å². The lowest BCUT2D eigenvalue weighted by Crippen LogP contribution is -2.43. The van der Waals surface area contributed by atoms with Gasteiger partial charge in [-0.05, 0) is 68.9 Å². The van der Waals surface area contributed by atoms with E-state index in [0.29, 0.717) is 30.3 Å². The number of fused-ring (bicyclic) bond motifs is 1. The Morgan fingerprint density at radius 1 is 1.33 bits per heavy atom. The molecule has 30 heavy (non-hydrogen) atoms. The number of benzene rings is 1. The zero-order chi connectivity index (χ0) is 21.3. The number of hydrogen-bond acceptors (Lipinski definition) is 4. The number of pyridine rings is 1.